The lowest BCUT2D eigenvalue weighted by Crippen LogP contribution is -2.56. The van der Waals surface area contributed by atoms with E-state index in [2.05, 4.69) is 26.0 Å². The average Bonchev–Trinajstić information content (AvgIpc) is 3.06. The number of rotatable bonds is 18. The van der Waals surface area contributed by atoms with Gasteiger partial charge in [-0.1, -0.05) is 93.5 Å². The molecule has 53 heavy (non-hydrogen) atoms. The second-order valence-electron chi connectivity index (χ2n) is 13.1. The smallest absolute Gasteiger partial charge is 0.475 e. The van der Waals surface area contributed by atoms with Crippen molar-refractivity contribution in [2.24, 2.45) is 22.7 Å². The van der Waals surface area contributed by atoms with Crippen LogP contribution in [-0.2, 0) is 48.4 Å². The summed E-state index contributed by atoms with van der Waals surface area (Å²) in [6, 6.07) is 12.8. The van der Waals surface area contributed by atoms with Crippen molar-refractivity contribution in [2.75, 3.05) is 6.26 Å². The quantitative estimate of drug-likeness (QED) is 0.0829. The zero-order valence-electron chi connectivity index (χ0n) is 30.2. The van der Waals surface area contributed by atoms with Crippen LogP contribution in [0.4, 0.5) is 13.2 Å². The summed E-state index contributed by atoms with van der Waals surface area (Å²) in [5, 5.41) is 20.3. The van der Waals surface area contributed by atoms with Gasteiger partial charge >= 0.3 is 12.1 Å². The highest BCUT2D eigenvalue weighted by Gasteiger charge is 2.38. The van der Waals surface area contributed by atoms with E-state index in [4.69, 9.17) is 21.2 Å². The number of alkyl halides is 3. The fourth-order valence-electron chi connectivity index (χ4n) is 4.79. The molecular weight excluding hydrogens is 719 g/mol. The first kappa shape index (κ1) is 46.1. The van der Waals surface area contributed by atoms with Gasteiger partial charge in [-0.15, -0.1) is 0 Å². The van der Waals surface area contributed by atoms with Crippen LogP contribution < -0.4 is 21.7 Å². The molecule has 292 valence electrons. The monoisotopic (exact) mass is 767 g/mol. The summed E-state index contributed by atoms with van der Waals surface area (Å²) in [5.41, 5.74) is 17.4. The van der Waals surface area contributed by atoms with E-state index in [1.54, 1.807) is 0 Å². The average molecular weight is 768 g/mol. The zero-order valence-corrected chi connectivity index (χ0v) is 31.0. The van der Waals surface area contributed by atoms with Gasteiger partial charge in [0.15, 0.2) is 9.84 Å². The van der Waals surface area contributed by atoms with Crippen LogP contribution >= 0.6 is 0 Å². The number of carboxylic acid groups (broad SMARTS) is 1. The number of nitrogens with one attached hydrogen (secondary N) is 3. The van der Waals surface area contributed by atoms with Crippen molar-refractivity contribution in [1.82, 2.24) is 16.0 Å². The number of nitrogens with zero attached hydrogens (tertiary/aromatic N) is 3. The van der Waals surface area contributed by atoms with E-state index < -0.39 is 63.9 Å². The molecule has 0 aliphatic rings. The van der Waals surface area contributed by atoms with Gasteiger partial charge in [0.25, 0.3) is 0 Å². The van der Waals surface area contributed by atoms with Crippen LogP contribution in [0.5, 0.6) is 0 Å². The molecule has 18 heteroatoms. The van der Waals surface area contributed by atoms with Crippen LogP contribution in [0, 0.1) is 11.8 Å². The highest BCUT2D eigenvalue weighted by Crippen LogP contribution is 2.14. The molecule has 0 fully saturated rings. The summed E-state index contributed by atoms with van der Waals surface area (Å²) >= 11 is 0. The van der Waals surface area contributed by atoms with Crippen LogP contribution in [-0.4, -0.2) is 73.8 Å². The predicted molar refractivity (Wildman–Crippen MR) is 193 cm³/mol. The van der Waals surface area contributed by atoms with E-state index in [-0.39, 0.29) is 24.7 Å². The first-order valence-corrected chi connectivity index (χ1v) is 18.6. The zero-order chi connectivity index (χ0) is 40.4. The molecule has 0 saturated carbocycles. The van der Waals surface area contributed by atoms with E-state index >= 15 is 0 Å². The maximum absolute atomic E-state index is 13.6. The number of nitrogens with two attached hydrogens (primary N) is 1. The maximum atomic E-state index is 13.6. The lowest BCUT2D eigenvalue weighted by atomic mass is 9.98. The summed E-state index contributed by atoms with van der Waals surface area (Å²) in [5.74, 6) is -4.37. The van der Waals surface area contributed by atoms with Crippen molar-refractivity contribution in [3.05, 3.63) is 93.2 Å². The van der Waals surface area contributed by atoms with E-state index in [0.717, 1.165) is 28.4 Å². The minimum absolute atomic E-state index is 0.0108. The Bertz CT molecular complexity index is 1680. The Balaban J connectivity index is 0.00000181. The molecule has 2 rings (SSSR count). The van der Waals surface area contributed by atoms with Gasteiger partial charge in [-0.25, -0.2) is 13.2 Å². The highest BCUT2D eigenvalue weighted by atomic mass is 32.2. The van der Waals surface area contributed by atoms with Crippen molar-refractivity contribution in [2.45, 2.75) is 90.3 Å². The Hall–Kier alpha value is -4.93. The van der Waals surface area contributed by atoms with Crippen molar-refractivity contribution >= 4 is 33.5 Å². The summed E-state index contributed by atoms with van der Waals surface area (Å²) in [6.07, 6.45) is -1.57. The van der Waals surface area contributed by atoms with Gasteiger partial charge in [-0.05, 0) is 59.7 Å². The first-order valence-electron chi connectivity index (χ1n) is 16.6. The van der Waals surface area contributed by atoms with Crippen LogP contribution in [0.3, 0.4) is 0 Å². The maximum Gasteiger partial charge on any atom is 0.490 e. The van der Waals surface area contributed by atoms with Crippen molar-refractivity contribution < 1.29 is 45.9 Å². The molecular formula is C35H48F3N7O7S. The Labute approximate surface area is 307 Å². The number of carboxylic acids is 1. The standard InChI is InChI=1S/C33H47N7O5S.C2HF3O2/c1-22(2)17-28(31(41)36-27(15-16-46(5,44)45)19-25-11-13-26(21-34)14-12-25)37-32(42)29(18-23(3)4)38-33(43)30(39-40-35)20-24-9-7-6-8-10-24;3-2(4,5)1(6)7/h6-16,22-23,27-30H,17-21,34H2,1-5H3,(H,36,41)(H,37,42)(H,38,43);(H,6,7)/b16-15+;/t27-,28+,29+,30+;/m1./s1. The molecule has 0 bridgehead atoms. The molecule has 0 unspecified atom stereocenters. The fraction of sp³-hybridized carbons (Fsp3) is 0.486. The topological polar surface area (TPSA) is 234 Å². The number of amides is 3. The number of benzene rings is 2. The Morgan fingerprint density at radius 1 is 0.830 bits per heavy atom. The molecule has 0 aromatic heterocycles. The van der Waals surface area contributed by atoms with Crippen LogP contribution in [0.1, 0.15) is 57.2 Å². The van der Waals surface area contributed by atoms with Gasteiger partial charge in [0.1, 0.15) is 18.1 Å². The summed E-state index contributed by atoms with van der Waals surface area (Å²) in [7, 11) is -3.47. The van der Waals surface area contributed by atoms with E-state index in [9.17, 15) is 36.0 Å². The third kappa shape index (κ3) is 19.5. The number of hydrogen-bond donors (Lipinski definition) is 5. The van der Waals surface area contributed by atoms with Gasteiger partial charge < -0.3 is 26.8 Å². The number of hydrogen-bond acceptors (Lipinski definition) is 8. The van der Waals surface area contributed by atoms with Gasteiger partial charge in [0.2, 0.25) is 17.7 Å². The normalized spacial score (nSPS) is 13.9. The summed E-state index contributed by atoms with van der Waals surface area (Å²) < 4.78 is 55.5. The summed E-state index contributed by atoms with van der Waals surface area (Å²) in [4.78, 5) is 52.2. The van der Waals surface area contributed by atoms with E-state index in [1.807, 2.05) is 82.3 Å². The highest BCUT2D eigenvalue weighted by molar-refractivity contribution is 7.93. The van der Waals surface area contributed by atoms with Gasteiger partial charge in [0.05, 0.1) is 6.04 Å². The minimum Gasteiger partial charge on any atom is -0.475 e. The molecule has 0 radical (unpaired) electrons. The molecule has 0 heterocycles. The minimum atomic E-state index is -5.08. The van der Waals surface area contributed by atoms with Crippen LogP contribution in [0.15, 0.2) is 71.2 Å². The number of sulfone groups is 1. The summed E-state index contributed by atoms with van der Waals surface area (Å²) in [6.45, 7) is 8.00. The van der Waals surface area contributed by atoms with Gasteiger partial charge in [0, 0.05) is 23.1 Å². The molecule has 0 saturated heterocycles. The second kappa shape index (κ2) is 22.2. The SMILES string of the molecule is CC(C)C[C@H](NC(=O)[C@H](Cc1ccccc1)N=[N+]=[N-])C(=O)N[C@@H](CC(C)C)C(=O)N[C@H](/C=C/S(C)(=O)=O)Cc1ccc(CN)cc1.O=C(O)C(F)(F)F. The Morgan fingerprint density at radius 2 is 1.28 bits per heavy atom. The number of carbonyl (C=O) groups is 4. The molecule has 6 N–H and O–H groups in total. The van der Waals surface area contributed by atoms with Crippen molar-refractivity contribution in [3.8, 4) is 0 Å². The third-order valence-electron chi connectivity index (χ3n) is 7.29. The fourth-order valence-corrected chi connectivity index (χ4v) is 5.26. The number of carbonyl (C=O) groups excluding carboxylic acids is 3. The van der Waals surface area contributed by atoms with Gasteiger partial charge in [-0.3, -0.25) is 14.4 Å². The molecule has 2 aromatic carbocycles. The molecule has 2 aromatic rings. The van der Waals surface area contributed by atoms with E-state index in [0.29, 0.717) is 19.4 Å². The molecule has 0 aliphatic heterocycles. The van der Waals surface area contributed by atoms with Crippen LogP contribution in [0.25, 0.3) is 10.4 Å². The Kier molecular flexibility index (Phi) is 19.3. The number of azide groups is 1. The third-order valence-corrected chi connectivity index (χ3v) is 7.94. The number of halogens is 3. The first-order chi connectivity index (χ1) is 24.6. The van der Waals surface area contributed by atoms with Gasteiger partial charge in [-0.2, -0.15) is 13.2 Å². The van der Waals surface area contributed by atoms with E-state index in [1.165, 1.54) is 6.08 Å². The Morgan fingerprint density at radius 3 is 1.72 bits per heavy atom. The van der Waals surface area contributed by atoms with Crippen LogP contribution in [0.2, 0.25) is 0 Å². The molecule has 14 nitrogen and oxygen atoms in total. The second-order valence-corrected chi connectivity index (χ2v) is 15.0. The molecule has 0 spiro atoms. The molecule has 0 aliphatic carbocycles. The molecule has 3 amide bonds. The van der Waals surface area contributed by atoms with Crippen molar-refractivity contribution in [3.63, 3.8) is 0 Å². The van der Waals surface area contributed by atoms with Crippen molar-refractivity contribution in [1.29, 1.82) is 0 Å². The lowest BCUT2D eigenvalue weighted by Gasteiger charge is -2.27. The molecule has 4 atom stereocenters. The largest absolute Gasteiger partial charge is 0.490 e. The predicted octanol–water partition coefficient (Wildman–Crippen LogP) is 4.35. The lowest BCUT2D eigenvalue weighted by molar-refractivity contribution is -0.192. The number of aliphatic carboxylic acids is 1.